The number of hydrogen-bond donors (Lipinski definition) is 0. The molecule has 0 amide bonds. The number of aryl methyl sites for hydroxylation is 1. The summed E-state index contributed by atoms with van der Waals surface area (Å²) >= 11 is 0. The molecule has 1 atom stereocenters. The Hall–Kier alpha value is -2.26. The van der Waals surface area contributed by atoms with Crippen LogP contribution >= 0.6 is 0 Å². The van der Waals surface area contributed by atoms with Crippen LogP contribution in [0.4, 0.5) is 0 Å². The molecule has 104 valence electrons. The first-order valence-electron chi connectivity index (χ1n) is 6.75. The molecule has 3 aromatic rings. The highest BCUT2D eigenvalue weighted by Gasteiger charge is 2.14. The standard InChI is InChI=1S/C18H15NOS/c1-14-8-2-3-9-15(14)16-10-4-5-11-17(16)21(20)18-12-6-7-13-19-18/h2-13H,1H3. The summed E-state index contributed by atoms with van der Waals surface area (Å²) < 4.78 is 12.8. The summed E-state index contributed by atoms with van der Waals surface area (Å²) in [7, 11) is -1.28. The molecule has 2 nitrogen and oxygen atoms in total. The summed E-state index contributed by atoms with van der Waals surface area (Å²) in [5.74, 6) is 0. The van der Waals surface area contributed by atoms with Gasteiger partial charge in [-0.3, -0.25) is 0 Å². The van der Waals surface area contributed by atoms with Crippen molar-refractivity contribution >= 4 is 10.8 Å². The zero-order chi connectivity index (χ0) is 14.7. The predicted molar refractivity (Wildman–Crippen MR) is 85.5 cm³/mol. The van der Waals surface area contributed by atoms with Crippen LogP contribution in [-0.2, 0) is 10.8 Å². The quantitative estimate of drug-likeness (QED) is 0.723. The minimum Gasteiger partial charge on any atom is -0.247 e. The fourth-order valence-corrected chi connectivity index (χ4v) is 3.46. The highest BCUT2D eigenvalue weighted by molar-refractivity contribution is 7.85. The molecule has 0 bridgehead atoms. The van der Waals surface area contributed by atoms with E-state index in [-0.39, 0.29) is 0 Å². The Morgan fingerprint density at radius 1 is 0.810 bits per heavy atom. The number of aromatic nitrogens is 1. The molecule has 3 heteroatoms. The first-order valence-corrected chi connectivity index (χ1v) is 7.90. The molecule has 0 fully saturated rings. The molecule has 21 heavy (non-hydrogen) atoms. The summed E-state index contributed by atoms with van der Waals surface area (Å²) in [5.41, 5.74) is 3.28. The van der Waals surface area contributed by atoms with E-state index in [1.165, 1.54) is 5.56 Å². The first kappa shape index (κ1) is 13.7. The van der Waals surface area contributed by atoms with E-state index in [9.17, 15) is 4.21 Å². The average molecular weight is 293 g/mol. The lowest BCUT2D eigenvalue weighted by Crippen LogP contribution is -1.98. The number of rotatable bonds is 3. The Morgan fingerprint density at radius 3 is 2.19 bits per heavy atom. The van der Waals surface area contributed by atoms with Gasteiger partial charge in [0.25, 0.3) is 0 Å². The summed E-state index contributed by atoms with van der Waals surface area (Å²) in [5, 5.41) is 0.582. The summed E-state index contributed by atoms with van der Waals surface area (Å²) in [6.45, 7) is 2.07. The van der Waals surface area contributed by atoms with E-state index in [0.717, 1.165) is 16.0 Å². The van der Waals surface area contributed by atoms with Crippen LogP contribution in [0, 0.1) is 6.92 Å². The molecular weight excluding hydrogens is 278 g/mol. The van der Waals surface area contributed by atoms with Gasteiger partial charge in [0.05, 0.1) is 4.90 Å². The van der Waals surface area contributed by atoms with Gasteiger partial charge in [0.15, 0.2) is 0 Å². The third kappa shape index (κ3) is 2.78. The molecule has 1 aromatic heterocycles. The molecule has 1 heterocycles. The lowest BCUT2D eigenvalue weighted by molar-refractivity contribution is 0.680. The van der Waals surface area contributed by atoms with E-state index < -0.39 is 10.8 Å². The van der Waals surface area contributed by atoms with Gasteiger partial charge in [0, 0.05) is 6.20 Å². The van der Waals surface area contributed by atoms with E-state index in [0.29, 0.717) is 5.03 Å². The number of nitrogens with zero attached hydrogens (tertiary/aromatic N) is 1. The summed E-state index contributed by atoms with van der Waals surface area (Å²) in [6.07, 6.45) is 1.67. The summed E-state index contributed by atoms with van der Waals surface area (Å²) in [6, 6.07) is 21.4. The maximum Gasteiger partial charge on any atom is 0.132 e. The highest BCUT2D eigenvalue weighted by Crippen LogP contribution is 2.30. The Labute approximate surface area is 127 Å². The van der Waals surface area contributed by atoms with Crippen molar-refractivity contribution in [3.8, 4) is 11.1 Å². The second kappa shape index (κ2) is 6.02. The molecule has 0 aliphatic rings. The van der Waals surface area contributed by atoms with Crippen molar-refractivity contribution in [3.63, 3.8) is 0 Å². The van der Waals surface area contributed by atoms with Crippen molar-refractivity contribution in [2.24, 2.45) is 0 Å². The van der Waals surface area contributed by atoms with Gasteiger partial charge in [-0.2, -0.15) is 0 Å². The van der Waals surface area contributed by atoms with Crippen molar-refractivity contribution < 1.29 is 4.21 Å². The lowest BCUT2D eigenvalue weighted by Gasteiger charge is -2.11. The number of hydrogen-bond acceptors (Lipinski definition) is 2. The van der Waals surface area contributed by atoms with E-state index in [1.807, 2.05) is 48.5 Å². The van der Waals surface area contributed by atoms with Gasteiger partial charge < -0.3 is 0 Å². The molecule has 0 N–H and O–H groups in total. The van der Waals surface area contributed by atoms with Gasteiger partial charge >= 0.3 is 0 Å². The molecule has 0 saturated carbocycles. The van der Waals surface area contributed by atoms with E-state index >= 15 is 0 Å². The van der Waals surface area contributed by atoms with Gasteiger partial charge in [0.2, 0.25) is 0 Å². The topological polar surface area (TPSA) is 30.0 Å². The van der Waals surface area contributed by atoms with Crippen molar-refractivity contribution in [1.29, 1.82) is 0 Å². The largest absolute Gasteiger partial charge is 0.247 e. The van der Waals surface area contributed by atoms with Crippen LogP contribution in [-0.4, -0.2) is 9.19 Å². The predicted octanol–water partition coefficient (Wildman–Crippen LogP) is 4.22. The Balaban J connectivity index is 2.13. The van der Waals surface area contributed by atoms with Crippen LogP contribution in [0.15, 0.2) is 82.8 Å². The van der Waals surface area contributed by atoms with Gasteiger partial charge in [-0.1, -0.05) is 48.5 Å². The van der Waals surface area contributed by atoms with Crippen LogP contribution in [0.25, 0.3) is 11.1 Å². The molecule has 1 unspecified atom stereocenters. The first-order chi connectivity index (χ1) is 10.3. The normalized spacial score (nSPS) is 12.0. The monoisotopic (exact) mass is 293 g/mol. The Morgan fingerprint density at radius 2 is 1.48 bits per heavy atom. The number of pyridine rings is 1. The fraction of sp³-hybridized carbons (Fsp3) is 0.0556. The van der Waals surface area contributed by atoms with Gasteiger partial charge in [-0.05, 0) is 41.8 Å². The molecule has 0 radical (unpaired) electrons. The van der Waals surface area contributed by atoms with E-state index in [1.54, 1.807) is 12.3 Å². The van der Waals surface area contributed by atoms with Crippen molar-refractivity contribution in [3.05, 3.63) is 78.5 Å². The Kier molecular flexibility index (Phi) is 3.93. The van der Waals surface area contributed by atoms with Crippen LogP contribution in [0.5, 0.6) is 0 Å². The minimum absolute atomic E-state index is 0.582. The molecule has 0 aliphatic heterocycles. The van der Waals surface area contributed by atoms with Crippen LogP contribution in [0.2, 0.25) is 0 Å². The molecule has 2 aromatic carbocycles. The SMILES string of the molecule is Cc1ccccc1-c1ccccc1S(=O)c1ccccn1. The molecule has 0 saturated heterocycles. The maximum atomic E-state index is 12.8. The smallest absolute Gasteiger partial charge is 0.132 e. The minimum atomic E-state index is -1.28. The molecule has 0 aliphatic carbocycles. The number of benzene rings is 2. The molecule has 0 spiro atoms. The van der Waals surface area contributed by atoms with Crippen LogP contribution < -0.4 is 0 Å². The van der Waals surface area contributed by atoms with Crippen molar-refractivity contribution in [1.82, 2.24) is 4.98 Å². The van der Waals surface area contributed by atoms with Crippen LogP contribution in [0.1, 0.15) is 5.56 Å². The van der Waals surface area contributed by atoms with Gasteiger partial charge in [0.1, 0.15) is 15.8 Å². The third-order valence-corrected chi connectivity index (χ3v) is 4.73. The van der Waals surface area contributed by atoms with E-state index in [2.05, 4.69) is 24.0 Å². The van der Waals surface area contributed by atoms with E-state index in [4.69, 9.17) is 0 Å². The molecule has 3 rings (SSSR count). The third-order valence-electron chi connectivity index (χ3n) is 3.35. The fourth-order valence-electron chi connectivity index (χ4n) is 2.30. The summed E-state index contributed by atoms with van der Waals surface area (Å²) in [4.78, 5) is 5.01. The maximum absolute atomic E-state index is 12.8. The van der Waals surface area contributed by atoms with Gasteiger partial charge in [-0.25, -0.2) is 9.19 Å². The average Bonchev–Trinajstić information content (AvgIpc) is 2.55. The zero-order valence-corrected chi connectivity index (χ0v) is 12.5. The van der Waals surface area contributed by atoms with Crippen molar-refractivity contribution in [2.45, 2.75) is 16.8 Å². The van der Waals surface area contributed by atoms with Crippen LogP contribution in [0.3, 0.4) is 0 Å². The van der Waals surface area contributed by atoms with Crippen molar-refractivity contribution in [2.75, 3.05) is 0 Å². The highest BCUT2D eigenvalue weighted by atomic mass is 32.2. The second-order valence-electron chi connectivity index (χ2n) is 4.75. The Bertz CT molecular complexity index is 784. The second-order valence-corrected chi connectivity index (χ2v) is 6.14. The molecular formula is C18H15NOS. The lowest BCUT2D eigenvalue weighted by atomic mass is 10.0. The van der Waals surface area contributed by atoms with Gasteiger partial charge in [-0.15, -0.1) is 0 Å². The zero-order valence-electron chi connectivity index (χ0n) is 11.7.